The van der Waals surface area contributed by atoms with Gasteiger partial charge in [-0.1, -0.05) is 26.2 Å². The second kappa shape index (κ2) is 10.1. The van der Waals surface area contributed by atoms with Gasteiger partial charge in [-0.15, -0.1) is 0 Å². The maximum absolute atomic E-state index is 11.1. The molecule has 1 atom stereocenters. The van der Waals surface area contributed by atoms with Crippen LogP contribution in [0.5, 0.6) is 0 Å². The normalized spacial score (nSPS) is 11.9. The summed E-state index contributed by atoms with van der Waals surface area (Å²) in [7, 11) is 1.62. The lowest BCUT2D eigenvalue weighted by Crippen LogP contribution is -2.22. The number of hydrogen-bond donors (Lipinski definition) is 1. The predicted octanol–water partition coefficient (Wildman–Crippen LogP) is 2.41. The van der Waals surface area contributed by atoms with E-state index >= 15 is 0 Å². The highest BCUT2D eigenvalue weighted by Gasteiger charge is 2.13. The Hall–Kier alpha value is -1.06. The van der Waals surface area contributed by atoms with E-state index in [1.165, 1.54) is 19.8 Å². The van der Waals surface area contributed by atoms with E-state index in [9.17, 15) is 9.59 Å². The third-order valence-electron chi connectivity index (χ3n) is 2.68. The lowest BCUT2D eigenvalue weighted by molar-refractivity contribution is -0.147. The molecule has 4 nitrogen and oxygen atoms in total. The number of hydrogen-bond acceptors (Lipinski definition) is 3. The molecule has 0 radical (unpaired) electrons. The molecule has 4 heteroatoms. The van der Waals surface area contributed by atoms with Crippen molar-refractivity contribution in [3.63, 3.8) is 0 Å². The van der Waals surface area contributed by atoms with Crippen molar-refractivity contribution in [3.05, 3.63) is 0 Å². The highest BCUT2D eigenvalue weighted by Crippen LogP contribution is 2.13. The van der Waals surface area contributed by atoms with Gasteiger partial charge in [0.2, 0.25) is 5.91 Å². The van der Waals surface area contributed by atoms with Crippen LogP contribution in [-0.2, 0) is 14.3 Å². The number of ether oxygens (including phenoxy) is 1. The zero-order valence-corrected chi connectivity index (χ0v) is 11.3. The first-order valence-corrected chi connectivity index (χ1v) is 6.48. The molecule has 0 aromatic carbocycles. The summed E-state index contributed by atoms with van der Waals surface area (Å²) in [4.78, 5) is 22.1. The Morgan fingerprint density at radius 1 is 1.18 bits per heavy atom. The van der Waals surface area contributed by atoms with E-state index in [4.69, 9.17) is 4.74 Å². The van der Waals surface area contributed by atoms with Crippen LogP contribution in [0, 0.1) is 0 Å². The number of amides is 1. The molecular weight excluding hydrogens is 218 g/mol. The molecule has 0 aliphatic carbocycles. The topological polar surface area (TPSA) is 55.4 Å². The summed E-state index contributed by atoms with van der Waals surface area (Å²) in [5, 5.41) is 2.57. The molecule has 0 heterocycles. The van der Waals surface area contributed by atoms with Gasteiger partial charge in [-0.3, -0.25) is 9.59 Å². The molecule has 1 amide bonds. The van der Waals surface area contributed by atoms with Crippen LogP contribution in [0.2, 0.25) is 0 Å². The largest absolute Gasteiger partial charge is 0.463 e. The van der Waals surface area contributed by atoms with Gasteiger partial charge in [0, 0.05) is 20.4 Å². The van der Waals surface area contributed by atoms with Crippen molar-refractivity contribution >= 4 is 11.9 Å². The fourth-order valence-electron chi connectivity index (χ4n) is 1.71. The highest BCUT2D eigenvalue weighted by molar-refractivity contribution is 5.75. The molecule has 0 saturated carbocycles. The molecule has 0 saturated heterocycles. The summed E-state index contributed by atoms with van der Waals surface area (Å²) in [6.07, 6.45) is 6.40. The predicted molar refractivity (Wildman–Crippen MR) is 67.6 cm³/mol. The molecule has 17 heavy (non-hydrogen) atoms. The van der Waals surface area contributed by atoms with Gasteiger partial charge < -0.3 is 10.1 Å². The monoisotopic (exact) mass is 243 g/mol. The minimum atomic E-state index is -0.262. The summed E-state index contributed by atoms with van der Waals surface area (Å²) < 4.78 is 5.21. The molecule has 100 valence electrons. The Labute approximate surface area is 104 Å². The van der Waals surface area contributed by atoms with E-state index in [1.807, 2.05) is 0 Å². The second-order valence-electron chi connectivity index (χ2n) is 4.29. The molecule has 1 unspecified atom stereocenters. The first kappa shape index (κ1) is 15.9. The lowest BCUT2D eigenvalue weighted by atomic mass is 10.1. The Balaban J connectivity index is 3.87. The minimum Gasteiger partial charge on any atom is -0.463 e. The maximum atomic E-state index is 11.1. The highest BCUT2D eigenvalue weighted by atomic mass is 16.5. The zero-order valence-electron chi connectivity index (χ0n) is 11.3. The average molecular weight is 243 g/mol. The van der Waals surface area contributed by atoms with Crippen LogP contribution in [0.3, 0.4) is 0 Å². The lowest BCUT2D eigenvalue weighted by Gasteiger charge is -2.16. The van der Waals surface area contributed by atoms with Crippen LogP contribution in [0.25, 0.3) is 0 Å². The van der Waals surface area contributed by atoms with Gasteiger partial charge in [0.25, 0.3) is 0 Å². The van der Waals surface area contributed by atoms with Crippen LogP contribution in [0.4, 0.5) is 0 Å². The Morgan fingerprint density at radius 3 is 2.41 bits per heavy atom. The third kappa shape index (κ3) is 9.85. The molecule has 0 aliphatic rings. The standard InChI is InChI=1S/C13H25NO3/c1-4-5-6-7-8-12(17-11(2)15)9-10-13(16)14-3/h12H,4-10H2,1-3H3,(H,14,16). The van der Waals surface area contributed by atoms with Crippen molar-refractivity contribution < 1.29 is 14.3 Å². The summed E-state index contributed by atoms with van der Waals surface area (Å²) in [6, 6.07) is 0. The zero-order chi connectivity index (χ0) is 13.1. The molecule has 0 aromatic rings. The van der Waals surface area contributed by atoms with E-state index in [0.29, 0.717) is 12.8 Å². The van der Waals surface area contributed by atoms with Crippen LogP contribution in [0.1, 0.15) is 58.8 Å². The average Bonchev–Trinajstić information content (AvgIpc) is 2.30. The van der Waals surface area contributed by atoms with Gasteiger partial charge in [0.1, 0.15) is 6.10 Å². The number of esters is 1. The van der Waals surface area contributed by atoms with Crippen LogP contribution in [-0.4, -0.2) is 25.0 Å². The third-order valence-corrected chi connectivity index (χ3v) is 2.68. The van der Waals surface area contributed by atoms with E-state index in [-0.39, 0.29) is 18.0 Å². The molecule has 0 aliphatic heterocycles. The summed E-state index contributed by atoms with van der Waals surface area (Å²) >= 11 is 0. The van der Waals surface area contributed by atoms with Crippen LogP contribution >= 0.6 is 0 Å². The molecule has 1 N–H and O–H groups in total. The van der Waals surface area contributed by atoms with E-state index in [2.05, 4.69) is 12.2 Å². The van der Waals surface area contributed by atoms with Gasteiger partial charge in [-0.25, -0.2) is 0 Å². The molecule has 0 aromatic heterocycles. The van der Waals surface area contributed by atoms with E-state index < -0.39 is 0 Å². The van der Waals surface area contributed by atoms with Crippen LogP contribution in [0.15, 0.2) is 0 Å². The Kier molecular flexibility index (Phi) is 9.49. The molecular formula is C13H25NO3. The number of rotatable bonds is 9. The molecule has 0 spiro atoms. The van der Waals surface area contributed by atoms with Gasteiger partial charge in [0.15, 0.2) is 0 Å². The summed E-state index contributed by atoms with van der Waals surface area (Å²) in [5.74, 6) is -0.266. The van der Waals surface area contributed by atoms with E-state index in [1.54, 1.807) is 7.05 Å². The first-order chi connectivity index (χ1) is 8.10. The van der Waals surface area contributed by atoms with Gasteiger partial charge in [0.05, 0.1) is 0 Å². The number of carbonyl (C=O) groups is 2. The minimum absolute atomic E-state index is 0.00397. The first-order valence-electron chi connectivity index (χ1n) is 6.48. The SMILES string of the molecule is CCCCCCC(CCC(=O)NC)OC(C)=O. The van der Waals surface area contributed by atoms with Crippen LogP contribution < -0.4 is 5.32 Å². The molecule has 0 fully saturated rings. The molecule has 0 rings (SSSR count). The second-order valence-corrected chi connectivity index (χ2v) is 4.29. The van der Waals surface area contributed by atoms with Crippen molar-refractivity contribution in [1.29, 1.82) is 0 Å². The van der Waals surface area contributed by atoms with Crippen molar-refractivity contribution in [1.82, 2.24) is 5.32 Å². The van der Waals surface area contributed by atoms with Crippen molar-refractivity contribution in [2.45, 2.75) is 64.9 Å². The van der Waals surface area contributed by atoms with Crippen molar-refractivity contribution in [2.75, 3.05) is 7.05 Å². The fraction of sp³-hybridized carbons (Fsp3) is 0.846. The summed E-state index contributed by atoms with van der Waals surface area (Å²) in [5.41, 5.74) is 0. The number of nitrogens with one attached hydrogen (secondary N) is 1. The van der Waals surface area contributed by atoms with Crippen molar-refractivity contribution in [2.24, 2.45) is 0 Å². The van der Waals surface area contributed by atoms with Crippen molar-refractivity contribution in [3.8, 4) is 0 Å². The fourth-order valence-corrected chi connectivity index (χ4v) is 1.71. The number of carbonyl (C=O) groups excluding carboxylic acids is 2. The van der Waals surface area contributed by atoms with Gasteiger partial charge in [-0.05, 0) is 19.3 Å². The summed E-state index contributed by atoms with van der Waals surface area (Å²) in [6.45, 7) is 3.58. The smallest absolute Gasteiger partial charge is 0.302 e. The maximum Gasteiger partial charge on any atom is 0.302 e. The van der Waals surface area contributed by atoms with Gasteiger partial charge in [-0.2, -0.15) is 0 Å². The number of unbranched alkanes of at least 4 members (excludes halogenated alkanes) is 3. The molecule has 0 bridgehead atoms. The quantitative estimate of drug-likeness (QED) is 0.500. The van der Waals surface area contributed by atoms with E-state index in [0.717, 1.165) is 19.3 Å². The Bertz CT molecular complexity index is 229. The van der Waals surface area contributed by atoms with Gasteiger partial charge >= 0.3 is 5.97 Å². The Morgan fingerprint density at radius 2 is 1.88 bits per heavy atom.